The van der Waals surface area contributed by atoms with Crippen LogP contribution in [0.1, 0.15) is 20.8 Å². The van der Waals surface area contributed by atoms with Gasteiger partial charge in [0.05, 0.1) is 6.61 Å². The van der Waals surface area contributed by atoms with Crippen molar-refractivity contribution in [3.63, 3.8) is 0 Å². The van der Waals surface area contributed by atoms with Crippen LogP contribution in [0.15, 0.2) is 12.7 Å². The standard InChI is InChI=1S/C9H18O/c1-5-9(8(3)4)7-10-6-2/h5,8-9H,1,6-7H2,2-4H3. The largest absolute Gasteiger partial charge is 0.381 e. The fourth-order valence-electron chi connectivity index (χ4n) is 0.787. The molecule has 0 aliphatic rings. The van der Waals surface area contributed by atoms with Gasteiger partial charge in [0.15, 0.2) is 0 Å². The minimum absolute atomic E-state index is 0.514. The second kappa shape index (κ2) is 5.48. The minimum atomic E-state index is 0.514. The van der Waals surface area contributed by atoms with E-state index in [2.05, 4.69) is 20.4 Å². The summed E-state index contributed by atoms with van der Waals surface area (Å²) in [5, 5.41) is 0. The van der Waals surface area contributed by atoms with Crippen LogP contribution >= 0.6 is 0 Å². The van der Waals surface area contributed by atoms with E-state index in [9.17, 15) is 0 Å². The molecule has 1 nitrogen and oxygen atoms in total. The molecule has 0 bridgehead atoms. The summed E-state index contributed by atoms with van der Waals surface area (Å²) in [6.07, 6.45) is 1.97. The van der Waals surface area contributed by atoms with Crippen LogP contribution in [0.5, 0.6) is 0 Å². The van der Waals surface area contributed by atoms with Crippen molar-refractivity contribution >= 4 is 0 Å². The maximum Gasteiger partial charge on any atom is 0.0530 e. The van der Waals surface area contributed by atoms with Gasteiger partial charge in [-0.25, -0.2) is 0 Å². The highest BCUT2D eigenvalue weighted by Gasteiger charge is 2.07. The number of ether oxygens (including phenoxy) is 1. The van der Waals surface area contributed by atoms with Crippen LogP contribution in [0.2, 0.25) is 0 Å². The monoisotopic (exact) mass is 142 g/mol. The van der Waals surface area contributed by atoms with Crippen molar-refractivity contribution in [2.45, 2.75) is 20.8 Å². The van der Waals surface area contributed by atoms with Gasteiger partial charge in [-0.2, -0.15) is 0 Å². The molecule has 0 spiro atoms. The average molecular weight is 142 g/mol. The molecule has 0 aliphatic carbocycles. The van der Waals surface area contributed by atoms with Crippen molar-refractivity contribution in [1.82, 2.24) is 0 Å². The predicted molar refractivity (Wildman–Crippen MR) is 45.0 cm³/mol. The molecule has 0 N–H and O–H groups in total. The van der Waals surface area contributed by atoms with Crippen molar-refractivity contribution in [2.75, 3.05) is 13.2 Å². The molecular weight excluding hydrogens is 124 g/mol. The molecule has 0 radical (unpaired) electrons. The molecule has 10 heavy (non-hydrogen) atoms. The second-order valence-electron chi connectivity index (χ2n) is 2.80. The van der Waals surface area contributed by atoms with Gasteiger partial charge in [0, 0.05) is 12.5 Å². The molecule has 0 amide bonds. The lowest BCUT2D eigenvalue weighted by Gasteiger charge is -2.15. The molecule has 0 aromatic heterocycles. The quantitative estimate of drug-likeness (QED) is 0.536. The number of hydrogen-bond donors (Lipinski definition) is 0. The number of hydrogen-bond acceptors (Lipinski definition) is 1. The molecule has 1 atom stereocenters. The molecule has 0 rings (SSSR count). The van der Waals surface area contributed by atoms with Crippen LogP contribution < -0.4 is 0 Å². The van der Waals surface area contributed by atoms with Gasteiger partial charge in [-0.15, -0.1) is 6.58 Å². The zero-order valence-electron chi connectivity index (χ0n) is 7.26. The molecule has 0 saturated heterocycles. The summed E-state index contributed by atoms with van der Waals surface area (Å²) in [4.78, 5) is 0. The first-order chi connectivity index (χ1) is 4.72. The normalized spacial score (nSPS) is 13.6. The van der Waals surface area contributed by atoms with Gasteiger partial charge in [-0.05, 0) is 12.8 Å². The lowest BCUT2D eigenvalue weighted by molar-refractivity contribution is 0.110. The summed E-state index contributed by atoms with van der Waals surface area (Å²) in [5.41, 5.74) is 0. The van der Waals surface area contributed by atoms with Crippen LogP contribution in [0.25, 0.3) is 0 Å². The predicted octanol–water partition coefficient (Wildman–Crippen LogP) is 2.48. The Morgan fingerprint density at radius 2 is 2.10 bits per heavy atom. The smallest absolute Gasteiger partial charge is 0.0530 e. The van der Waals surface area contributed by atoms with Crippen LogP contribution in [-0.4, -0.2) is 13.2 Å². The summed E-state index contributed by atoms with van der Waals surface area (Å²) in [6.45, 7) is 11.8. The van der Waals surface area contributed by atoms with Gasteiger partial charge in [-0.1, -0.05) is 19.9 Å². The molecule has 0 aromatic rings. The van der Waals surface area contributed by atoms with E-state index in [0.717, 1.165) is 13.2 Å². The lowest BCUT2D eigenvalue weighted by atomic mass is 9.97. The second-order valence-corrected chi connectivity index (χ2v) is 2.80. The summed E-state index contributed by atoms with van der Waals surface area (Å²) < 4.78 is 5.28. The first-order valence-electron chi connectivity index (χ1n) is 3.92. The third-order valence-electron chi connectivity index (χ3n) is 1.67. The molecule has 60 valence electrons. The summed E-state index contributed by atoms with van der Waals surface area (Å²) in [6, 6.07) is 0. The molecule has 0 heterocycles. The van der Waals surface area contributed by atoms with Crippen LogP contribution in [0, 0.1) is 11.8 Å². The topological polar surface area (TPSA) is 9.23 Å². The Morgan fingerprint density at radius 3 is 2.40 bits per heavy atom. The minimum Gasteiger partial charge on any atom is -0.381 e. The molecule has 0 aliphatic heterocycles. The van der Waals surface area contributed by atoms with Gasteiger partial charge in [0.25, 0.3) is 0 Å². The highest BCUT2D eigenvalue weighted by molar-refractivity contribution is 4.80. The average Bonchev–Trinajstić information content (AvgIpc) is 1.89. The van der Waals surface area contributed by atoms with E-state index in [1.165, 1.54) is 0 Å². The van der Waals surface area contributed by atoms with E-state index in [0.29, 0.717) is 11.8 Å². The first-order valence-corrected chi connectivity index (χ1v) is 3.92. The van der Waals surface area contributed by atoms with Crippen molar-refractivity contribution < 1.29 is 4.74 Å². The van der Waals surface area contributed by atoms with Gasteiger partial charge in [-0.3, -0.25) is 0 Å². The van der Waals surface area contributed by atoms with Crippen LogP contribution in [-0.2, 0) is 4.74 Å². The van der Waals surface area contributed by atoms with Crippen LogP contribution in [0.3, 0.4) is 0 Å². The SMILES string of the molecule is C=CC(COCC)C(C)C. The maximum absolute atomic E-state index is 5.28. The summed E-state index contributed by atoms with van der Waals surface area (Å²) >= 11 is 0. The Labute approximate surface area is 64.1 Å². The zero-order valence-corrected chi connectivity index (χ0v) is 7.26. The maximum atomic E-state index is 5.28. The van der Waals surface area contributed by atoms with Gasteiger partial charge in [0.2, 0.25) is 0 Å². The molecule has 0 aromatic carbocycles. The fraction of sp³-hybridized carbons (Fsp3) is 0.778. The van der Waals surface area contributed by atoms with E-state index in [-0.39, 0.29) is 0 Å². The Bertz CT molecular complexity index is 86.7. The first kappa shape index (κ1) is 9.70. The van der Waals surface area contributed by atoms with Crippen molar-refractivity contribution in [2.24, 2.45) is 11.8 Å². The molecule has 0 fully saturated rings. The molecular formula is C9H18O. The van der Waals surface area contributed by atoms with E-state index >= 15 is 0 Å². The molecule has 1 unspecified atom stereocenters. The summed E-state index contributed by atoms with van der Waals surface area (Å²) in [5.74, 6) is 1.16. The highest BCUT2D eigenvalue weighted by atomic mass is 16.5. The summed E-state index contributed by atoms with van der Waals surface area (Å²) in [7, 11) is 0. The van der Waals surface area contributed by atoms with E-state index in [4.69, 9.17) is 4.74 Å². The van der Waals surface area contributed by atoms with E-state index in [1.54, 1.807) is 0 Å². The van der Waals surface area contributed by atoms with E-state index < -0.39 is 0 Å². The Morgan fingerprint density at radius 1 is 1.50 bits per heavy atom. The number of rotatable bonds is 5. The Balaban J connectivity index is 3.50. The van der Waals surface area contributed by atoms with Crippen molar-refractivity contribution in [1.29, 1.82) is 0 Å². The van der Waals surface area contributed by atoms with Crippen molar-refractivity contribution in [3.8, 4) is 0 Å². The Hall–Kier alpha value is -0.300. The fourth-order valence-corrected chi connectivity index (χ4v) is 0.787. The highest BCUT2D eigenvalue weighted by Crippen LogP contribution is 2.11. The molecule has 0 saturated carbocycles. The van der Waals surface area contributed by atoms with E-state index in [1.807, 2.05) is 13.0 Å². The van der Waals surface area contributed by atoms with Crippen molar-refractivity contribution in [3.05, 3.63) is 12.7 Å². The third kappa shape index (κ3) is 3.67. The third-order valence-corrected chi connectivity index (χ3v) is 1.67. The van der Waals surface area contributed by atoms with Gasteiger partial charge >= 0.3 is 0 Å². The van der Waals surface area contributed by atoms with Gasteiger partial charge in [0.1, 0.15) is 0 Å². The zero-order chi connectivity index (χ0) is 7.98. The van der Waals surface area contributed by atoms with Crippen LogP contribution in [0.4, 0.5) is 0 Å². The lowest BCUT2D eigenvalue weighted by Crippen LogP contribution is -2.12. The molecule has 1 heteroatoms. The Kier molecular flexibility index (Phi) is 5.32. The van der Waals surface area contributed by atoms with Gasteiger partial charge < -0.3 is 4.74 Å².